The Labute approximate surface area is 79.6 Å². The summed E-state index contributed by atoms with van der Waals surface area (Å²) in [7, 11) is 0. The second-order valence-electron chi connectivity index (χ2n) is 4.01. The Morgan fingerprint density at radius 2 is 2.00 bits per heavy atom. The zero-order valence-corrected chi connectivity index (χ0v) is 8.04. The van der Waals surface area contributed by atoms with Gasteiger partial charge in [0.15, 0.2) is 0 Å². The van der Waals surface area contributed by atoms with Gasteiger partial charge < -0.3 is 0 Å². The van der Waals surface area contributed by atoms with Crippen molar-refractivity contribution < 1.29 is 4.79 Å². The fourth-order valence-electron chi connectivity index (χ4n) is 2.25. The third-order valence-electron chi connectivity index (χ3n) is 3.11. The second kappa shape index (κ2) is 4.05. The summed E-state index contributed by atoms with van der Waals surface area (Å²) in [4.78, 5) is 13.5. The van der Waals surface area contributed by atoms with Crippen LogP contribution < -0.4 is 0 Å². The molecule has 1 heterocycles. The topological polar surface area (TPSA) is 20.3 Å². The largest absolute Gasteiger partial charge is 0.300 e. The first kappa shape index (κ1) is 8.95. The number of carbonyl (C=O) groups is 1. The molecule has 0 spiro atoms. The van der Waals surface area contributed by atoms with Gasteiger partial charge in [-0.15, -0.1) is 0 Å². The predicted octanol–water partition coefficient (Wildman–Crippen LogP) is 1.76. The molecule has 1 aliphatic heterocycles. The number of piperidine rings is 1. The maximum atomic E-state index is 11.1. The average Bonchev–Trinajstić information content (AvgIpc) is 2.20. The molecule has 2 rings (SSSR count). The van der Waals surface area contributed by atoms with Crippen molar-refractivity contribution in [2.45, 2.75) is 38.1 Å². The first-order valence-corrected chi connectivity index (χ1v) is 5.27. The van der Waals surface area contributed by atoms with E-state index in [1.807, 2.05) is 0 Å². The van der Waals surface area contributed by atoms with E-state index in [9.17, 15) is 4.79 Å². The van der Waals surface area contributed by atoms with Crippen molar-refractivity contribution in [3.63, 3.8) is 0 Å². The summed E-state index contributed by atoms with van der Waals surface area (Å²) in [5, 5.41) is 0. The van der Waals surface area contributed by atoms with Gasteiger partial charge in [0.05, 0.1) is 0 Å². The lowest BCUT2D eigenvalue weighted by Crippen LogP contribution is -2.41. The fraction of sp³-hybridized carbons (Fsp3) is 0.727. The minimum atomic E-state index is 0.447. The fourth-order valence-corrected chi connectivity index (χ4v) is 2.25. The highest BCUT2D eigenvalue weighted by atomic mass is 16.1. The van der Waals surface area contributed by atoms with Crippen molar-refractivity contribution in [2.75, 3.05) is 13.1 Å². The van der Waals surface area contributed by atoms with E-state index in [1.54, 1.807) is 0 Å². The van der Waals surface area contributed by atoms with E-state index < -0.39 is 0 Å². The number of likely N-dealkylation sites (tertiary alicyclic amines) is 1. The summed E-state index contributed by atoms with van der Waals surface area (Å²) < 4.78 is 0. The van der Waals surface area contributed by atoms with E-state index in [2.05, 4.69) is 17.1 Å². The second-order valence-corrected chi connectivity index (χ2v) is 4.01. The molecule has 0 aromatic carbocycles. The first-order valence-electron chi connectivity index (χ1n) is 5.27. The van der Waals surface area contributed by atoms with Gasteiger partial charge in [0.2, 0.25) is 0 Å². The van der Waals surface area contributed by atoms with Crippen LogP contribution in [-0.2, 0) is 4.79 Å². The third kappa shape index (κ3) is 2.19. The molecule has 0 amide bonds. The quantitative estimate of drug-likeness (QED) is 0.572. The number of nitrogens with zero attached hydrogens (tertiary/aromatic N) is 1. The molecule has 0 saturated carbocycles. The zero-order chi connectivity index (χ0) is 9.10. The first-order chi connectivity index (χ1) is 6.36. The number of hydrogen-bond acceptors (Lipinski definition) is 2. The van der Waals surface area contributed by atoms with Crippen LogP contribution in [0.25, 0.3) is 0 Å². The smallest absolute Gasteiger partial charge is 0.135 e. The Morgan fingerprint density at radius 3 is 2.62 bits per heavy atom. The number of rotatable bonds is 1. The van der Waals surface area contributed by atoms with E-state index in [1.165, 1.54) is 19.3 Å². The number of Topliss-reactive ketones (excluding diaryl/α,β-unsaturated/α-hetero) is 1. The minimum Gasteiger partial charge on any atom is -0.300 e. The lowest BCUT2D eigenvalue weighted by Gasteiger charge is -2.34. The summed E-state index contributed by atoms with van der Waals surface area (Å²) in [6, 6.07) is 0.720. The molecule has 72 valence electrons. The summed E-state index contributed by atoms with van der Waals surface area (Å²) in [5.74, 6) is 0.447. The van der Waals surface area contributed by atoms with Crippen LogP contribution in [0.15, 0.2) is 12.2 Å². The van der Waals surface area contributed by atoms with Gasteiger partial charge in [-0.25, -0.2) is 0 Å². The van der Waals surface area contributed by atoms with Crippen LogP contribution in [0.5, 0.6) is 0 Å². The van der Waals surface area contributed by atoms with Crippen molar-refractivity contribution in [1.29, 1.82) is 0 Å². The molecule has 1 unspecified atom stereocenters. The van der Waals surface area contributed by atoms with E-state index >= 15 is 0 Å². The summed E-state index contributed by atoms with van der Waals surface area (Å²) in [5.41, 5.74) is 0. The van der Waals surface area contributed by atoms with E-state index in [-0.39, 0.29) is 0 Å². The molecule has 0 bridgehead atoms. The van der Waals surface area contributed by atoms with Gasteiger partial charge in [0, 0.05) is 32.0 Å². The molecule has 1 saturated heterocycles. The Bertz CT molecular complexity index is 212. The van der Waals surface area contributed by atoms with Gasteiger partial charge in [-0.1, -0.05) is 12.2 Å². The molecular weight excluding hydrogens is 162 g/mol. The van der Waals surface area contributed by atoms with Gasteiger partial charge in [0.25, 0.3) is 0 Å². The molecular formula is C11H17NO. The van der Waals surface area contributed by atoms with Crippen molar-refractivity contribution in [3.05, 3.63) is 12.2 Å². The van der Waals surface area contributed by atoms with Crippen molar-refractivity contribution in [1.82, 2.24) is 4.90 Å². The Balaban J connectivity index is 1.86. The van der Waals surface area contributed by atoms with Gasteiger partial charge in [0.1, 0.15) is 5.78 Å². The van der Waals surface area contributed by atoms with Crippen molar-refractivity contribution >= 4 is 5.78 Å². The standard InChI is InChI=1S/C11H17NO/c13-11-6-8-12(9-7-11)10-4-2-1-3-5-10/h1-2,10H,3-9H2. The van der Waals surface area contributed by atoms with Crippen LogP contribution in [-0.4, -0.2) is 29.8 Å². The summed E-state index contributed by atoms with van der Waals surface area (Å²) in [6.07, 6.45) is 9.80. The molecule has 2 aliphatic rings. The Morgan fingerprint density at radius 1 is 1.23 bits per heavy atom. The molecule has 0 radical (unpaired) electrons. The van der Waals surface area contributed by atoms with E-state index in [0.717, 1.165) is 32.0 Å². The van der Waals surface area contributed by atoms with Crippen LogP contribution in [0.3, 0.4) is 0 Å². The molecule has 2 nitrogen and oxygen atoms in total. The average molecular weight is 179 g/mol. The number of carbonyl (C=O) groups excluding carboxylic acids is 1. The Kier molecular flexibility index (Phi) is 2.79. The molecule has 1 aliphatic carbocycles. The SMILES string of the molecule is O=C1CCN(C2CC=CCC2)CC1. The number of ketones is 1. The van der Waals surface area contributed by atoms with E-state index in [0.29, 0.717) is 5.78 Å². The van der Waals surface area contributed by atoms with Crippen molar-refractivity contribution in [2.24, 2.45) is 0 Å². The normalized spacial score (nSPS) is 30.8. The molecule has 1 fully saturated rings. The third-order valence-corrected chi connectivity index (χ3v) is 3.11. The van der Waals surface area contributed by atoms with Gasteiger partial charge in [-0.3, -0.25) is 9.69 Å². The maximum Gasteiger partial charge on any atom is 0.135 e. The summed E-state index contributed by atoms with van der Waals surface area (Å²) in [6.45, 7) is 1.99. The summed E-state index contributed by atoms with van der Waals surface area (Å²) >= 11 is 0. The molecule has 13 heavy (non-hydrogen) atoms. The van der Waals surface area contributed by atoms with Crippen LogP contribution >= 0.6 is 0 Å². The molecule has 0 aromatic rings. The molecule has 0 aromatic heterocycles. The monoisotopic (exact) mass is 179 g/mol. The van der Waals surface area contributed by atoms with Crippen molar-refractivity contribution in [3.8, 4) is 0 Å². The van der Waals surface area contributed by atoms with Crippen LogP contribution in [0.2, 0.25) is 0 Å². The number of allylic oxidation sites excluding steroid dienone is 1. The highest BCUT2D eigenvalue weighted by Crippen LogP contribution is 2.20. The molecule has 1 atom stereocenters. The molecule has 0 N–H and O–H groups in total. The van der Waals surface area contributed by atoms with Crippen LogP contribution in [0, 0.1) is 0 Å². The van der Waals surface area contributed by atoms with Crippen LogP contribution in [0.1, 0.15) is 32.1 Å². The van der Waals surface area contributed by atoms with Gasteiger partial charge >= 0.3 is 0 Å². The predicted molar refractivity (Wildman–Crippen MR) is 52.6 cm³/mol. The highest BCUT2D eigenvalue weighted by Gasteiger charge is 2.23. The number of hydrogen-bond donors (Lipinski definition) is 0. The van der Waals surface area contributed by atoms with Crippen LogP contribution in [0.4, 0.5) is 0 Å². The minimum absolute atomic E-state index is 0.447. The lowest BCUT2D eigenvalue weighted by molar-refractivity contribution is -0.121. The van der Waals surface area contributed by atoms with Gasteiger partial charge in [-0.2, -0.15) is 0 Å². The molecule has 2 heteroatoms. The van der Waals surface area contributed by atoms with Gasteiger partial charge in [-0.05, 0) is 19.3 Å². The Hall–Kier alpha value is -0.630. The van der Waals surface area contributed by atoms with E-state index in [4.69, 9.17) is 0 Å². The maximum absolute atomic E-state index is 11.1. The highest BCUT2D eigenvalue weighted by molar-refractivity contribution is 5.79. The zero-order valence-electron chi connectivity index (χ0n) is 8.04. The lowest BCUT2D eigenvalue weighted by atomic mass is 9.97.